The van der Waals surface area contributed by atoms with E-state index >= 15 is 0 Å². The zero-order chi connectivity index (χ0) is 16.4. The van der Waals surface area contributed by atoms with Crippen molar-refractivity contribution in [3.63, 3.8) is 0 Å². The molecule has 1 unspecified atom stereocenters. The van der Waals surface area contributed by atoms with Crippen LogP contribution >= 0.6 is 0 Å². The second-order valence-electron chi connectivity index (χ2n) is 6.51. The summed E-state index contributed by atoms with van der Waals surface area (Å²) in [6.07, 6.45) is 5.09. The summed E-state index contributed by atoms with van der Waals surface area (Å²) in [5, 5.41) is 3.03. The molecule has 23 heavy (non-hydrogen) atoms. The molecule has 1 aromatic carbocycles. The van der Waals surface area contributed by atoms with Crippen LogP contribution in [0.15, 0.2) is 18.2 Å². The number of ether oxygens (including phenoxy) is 1. The van der Waals surface area contributed by atoms with Crippen molar-refractivity contribution in [2.75, 3.05) is 11.9 Å². The van der Waals surface area contributed by atoms with Crippen molar-refractivity contribution in [1.29, 1.82) is 0 Å². The van der Waals surface area contributed by atoms with Crippen molar-refractivity contribution in [3.8, 4) is 5.75 Å². The highest BCUT2D eigenvalue weighted by Crippen LogP contribution is 2.34. The van der Waals surface area contributed by atoms with Gasteiger partial charge in [-0.25, -0.2) is 0 Å². The van der Waals surface area contributed by atoms with Gasteiger partial charge in [0.25, 0.3) is 5.91 Å². The van der Waals surface area contributed by atoms with E-state index in [-0.39, 0.29) is 17.7 Å². The fourth-order valence-electron chi connectivity index (χ4n) is 3.37. The molecule has 1 atom stereocenters. The molecule has 2 aliphatic rings. The second kappa shape index (κ2) is 6.60. The van der Waals surface area contributed by atoms with Crippen LogP contribution in [0.3, 0.4) is 0 Å². The van der Waals surface area contributed by atoms with Gasteiger partial charge in [0.1, 0.15) is 5.75 Å². The van der Waals surface area contributed by atoms with Crippen LogP contribution in [-0.4, -0.2) is 25.0 Å². The minimum Gasteiger partial charge on any atom is -0.479 e. The summed E-state index contributed by atoms with van der Waals surface area (Å²) in [6.45, 7) is 2.24. The van der Waals surface area contributed by atoms with Gasteiger partial charge < -0.3 is 15.0 Å². The molecule has 0 aromatic heterocycles. The average Bonchev–Trinajstić information content (AvgIpc) is 2.59. The van der Waals surface area contributed by atoms with Crippen molar-refractivity contribution in [3.05, 3.63) is 23.8 Å². The summed E-state index contributed by atoms with van der Waals surface area (Å²) in [5.41, 5.74) is 1.74. The largest absolute Gasteiger partial charge is 0.479 e. The molecule has 0 saturated heterocycles. The van der Waals surface area contributed by atoms with E-state index in [0.29, 0.717) is 12.3 Å². The molecule has 5 nitrogen and oxygen atoms in total. The van der Waals surface area contributed by atoms with Crippen LogP contribution in [0, 0.1) is 5.92 Å². The maximum Gasteiger partial charge on any atom is 0.267 e. The van der Waals surface area contributed by atoms with E-state index < -0.39 is 6.10 Å². The van der Waals surface area contributed by atoms with Gasteiger partial charge in [-0.05, 0) is 37.5 Å². The predicted molar refractivity (Wildman–Crippen MR) is 88.4 cm³/mol. The standard InChI is InChI=1S/C18H24N2O3/c1-12-18(22)20(2)15-10-13(8-9-16(15)23-12)11-19-17(21)14-6-4-3-5-7-14/h8-10,12,14H,3-7,11H2,1-2H3,(H,19,21). The number of carbonyl (C=O) groups excluding carboxylic acids is 2. The van der Waals surface area contributed by atoms with Crippen LogP contribution in [0.1, 0.15) is 44.6 Å². The fraction of sp³-hybridized carbons (Fsp3) is 0.556. The van der Waals surface area contributed by atoms with E-state index in [1.54, 1.807) is 18.9 Å². The Labute approximate surface area is 137 Å². The number of anilines is 1. The lowest BCUT2D eigenvalue weighted by molar-refractivity contribution is -0.126. The maximum absolute atomic E-state index is 12.2. The summed E-state index contributed by atoms with van der Waals surface area (Å²) in [4.78, 5) is 25.8. The minimum absolute atomic E-state index is 0.0547. The molecule has 1 aliphatic carbocycles. The predicted octanol–water partition coefficient (Wildman–Crippen LogP) is 2.63. The first-order chi connectivity index (χ1) is 11.1. The van der Waals surface area contributed by atoms with Gasteiger partial charge in [0.15, 0.2) is 6.10 Å². The lowest BCUT2D eigenvalue weighted by Gasteiger charge is -2.30. The molecule has 1 N–H and O–H groups in total. The Morgan fingerprint density at radius 3 is 2.78 bits per heavy atom. The Hall–Kier alpha value is -2.04. The molecule has 5 heteroatoms. The second-order valence-corrected chi connectivity index (χ2v) is 6.51. The van der Waals surface area contributed by atoms with E-state index in [2.05, 4.69) is 5.32 Å². The van der Waals surface area contributed by atoms with Crippen molar-refractivity contribution in [2.24, 2.45) is 5.92 Å². The minimum atomic E-state index is -0.454. The fourth-order valence-corrected chi connectivity index (χ4v) is 3.37. The van der Waals surface area contributed by atoms with Gasteiger partial charge in [0.2, 0.25) is 5.91 Å². The number of hydrogen-bond acceptors (Lipinski definition) is 3. The van der Waals surface area contributed by atoms with E-state index in [1.807, 2.05) is 18.2 Å². The Balaban J connectivity index is 1.65. The Bertz CT molecular complexity index is 608. The molecule has 0 bridgehead atoms. The van der Waals surface area contributed by atoms with Gasteiger partial charge in [0.05, 0.1) is 5.69 Å². The Morgan fingerprint density at radius 2 is 2.04 bits per heavy atom. The van der Waals surface area contributed by atoms with Crippen molar-refractivity contribution < 1.29 is 14.3 Å². The van der Waals surface area contributed by atoms with Gasteiger partial charge in [-0.2, -0.15) is 0 Å². The molecule has 1 aliphatic heterocycles. The smallest absolute Gasteiger partial charge is 0.267 e. The van der Waals surface area contributed by atoms with E-state index in [4.69, 9.17) is 4.74 Å². The lowest BCUT2D eigenvalue weighted by Crippen LogP contribution is -2.42. The highest BCUT2D eigenvalue weighted by Gasteiger charge is 2.29. The molecular formula is C18H24N2O3. The number of amides is 2. The zero-order valence-corrected chi connectivity index (χ0v) is 13.8. The number of carbonyl (C=O) groups is 2. The van der Waals surface area contributed by atoms with Crippen molar-refractivity contribution >= 4 is 17.5 Å². The number of likely N-dealkylation sites (N-methyl/N-ethyl adjacent to an activating group) is 1. The van der Waals surface area contributed by atoms with Crippen LogP contribution in [0.25, 0.3) is 0 Å². The highest BCUT2D eigenvalue weighted by atomic mass is 16.5. The van der Waals surface area contributed by atoms with E-state index in [9.17, 15) is 9.59 Å². The molecule has 1 saturated carbocycles. The lowest BCUT2D eigenvalue weighted by atomic mass is 9.88. The van der Waals surface area contributed by atoms with E-state index in [1.165, 1.54) is 6.42 Å². The van der Waals surface area contributed by atoms with Crippen LogP contribution in [0.2, 0.25) is 0 Å². The summed E-state index contributed by atoms with van der Waals surface area (Å²) in [5.74, 6) is 0.967. The molecule has 3 rings (SSSR count). The average molecular weight is 316 g/mol. The van der Waals surface area contributed by atoms with Gasteiger partial charge in [-0.3, -0.25) is 9.59 Å². The Kier molecular flexibility index (Phi) is 4.55. The summed E-state index contributed by atoms with van der Waals surface area (Å²) >= 11 is 0. The molecule has 124 valence electrons. The molecule has 0 spiro atoms. The first-order valence-corrected chi connectivity index (χ1v) is 8.41. The normalized spacial score (nSPS) is 21.6. The SMILES string of the molecule is CC1Oc2ccc(CNC(=O)C3CCCCC3)cc2N(C)C1=O. The monoisotopic (exact) mass is 316 g/mol. The van der Waals surface area contributed by atoms with Gasteiger partial charge in [0, 0.05) is 19.5 Å². The van der Waals surface area contributed by atoms with Crippen molar-refractivity contribution in [2.45, 2.75) is 51.7 Å². The molecular weight excluding hydrogens is 292 g/mol. The number of nitrogens with one attached hydrogen (secondary N) is 1. The topological polar surface area (TPSA) is 58.6 Å². The first kappa shape index (κ1) is 15.8. The van der Waals surface area contributed by atoms with Crippen LogP contribution in [0.4, 0.5) is 5.69 Å². The third-order valence-electron chi connectivity index (χ3n) is 4.81. The number of hydrogen-bond donors (Lipinski definition) is 1. The number of nitrogens with zero attached hydrogens (tertiary/aromatic N) is 1. The van der Waals surface area contributed by atoms with Crippen LogP contribution in [-0.2, 0) is 16.1 Å². The van der Waals surface area contributed by atoms with Crippen molar-refractivity contribution in [1.82, 2.24) is 5.32 Å². The molecule has 1 heterocycles. The molecule has 1 fully saturated rings. The number of fused-ring (bicyclic) bond motifs is 1. The van der Waals surface area contributed by atoms with E-state index in [0.717, 1.165) is 36.9 Å². The number of rotatable bonds is 3. The molecule has 2 amide bonds. The van der Waals surface area contributed by atoms with Gasteiger partial charge in [-0.15, -0.1) is 0 Å². The van der Waals surface area contributed by atoms with Crippen LogP contribution in [0.5, 0.6) is 5.75 Å². The first-order valence-electron chi connectivity index (χ1n) is 8.41. The molecule has 1 aromatic rings. The highest BCUT2D eigenvalue weighted by molar-refractivity contribution is 5.99. The maximum atomic E-state index is 12.2. The summed E-state index contributed by atoms with van der Waals surface area (Å²) in [7, 11) is 1.75. The summed E-state index contributed by atoms with van der Waals surface area (Å²) in [6, 6.07) is 5.73. The number of benzene rings is 1. The van der Waals surface area contributed by atoms with Crippen LogP contribution < -0.4 is 15.0 Å². The molecule has 0 radical (unpaired) electrons. The van der Waals surface area contributed by atoms with Gasteiger partial charge in [-0.1, -0.05) is 25.3 Å². The zero-order valence-electron chi connectivity index (χ0n) is 13.8. The quantitative estimate of drug-likeness (QED) is 0.932. The third kappa shape index (κ3) is 3.33. The Morgan fingerprint density at radius 1 is 1.30 bits per heavy atom. The van der Waals surface area contributed by atoms with Gasteiger partial charge >= 0.3 is 0 Å². The summed E-state index contributed by atoms with van der Waals surface area (Å²) < 4.78 is 5.61. The third-order valence-corrected chi connectivity index (χ3v) is 4.81.